The summed E-state index contributed by atoms with van der Waals surface area (Å²) in [6.45, 7) is 0. The van der Waals surface area contributed by atoms with Gasteiger partial charge in [0.15, 0.2) is 0 Å². The zero-order valence-electron chi connectivity index (χ0n) is 8.09. The molecule has 0 atom stereocenters. The van der Waals surface area contributed by atoms with Crippen molar-refractivity contribution in [3.8, 4) is 27.0 Å². The molecule has 0 heterocycles. The molecule has 0 saturated carbocycles. The van der Waals surface area contributed by atoms with Crippen LogP contribution >= 0.6 is 0 Å². The largest absolute Gasteiger partial charge is 4.00 e. The van der Waals surface area contributed by atoms with Gasteiger partial charge in [-0.3, -0.25) is 0 Å². The maximum Gasteiger partial charge on any atom is 4.00 e. The first-order valence-corrected chi connectivity index (χ1v) is 4.18. The summed E-state index contributed by atoms with van der Waals surface area (Å²) < 4.78 is 0. The standard InChI is InChI=1S/5CHNS.K.Pt/c5*2-1-3;;/h5*3H;;/q;;;;;+1;+4/p-5. The molecule has 0 rings (SSSR count). The van der Waals surface area contributed by atoms with Crippen molar-refractivity contribution in [1.29, 1.82) is 26.3 Å². The molecule has 0 aliphatic heterocycles. The van der Waals surface area contributed by atoms with Crippen molar-refractivity contribution in [3.63, 3.8) is 0 Å². The molecule has 0 aromatic heterocycles. The first kappa shape index (κ1) is 43.0. The first-order valence-electron chi connectivity index (χ1n) is 2.14. The number of nitriles is 5. The van der Waals surface area contributed by atoms with Gasteiger partial charge in [-0.25, -0.2) is 26.3 Å². The third-order valence-corrected chi connectivity index (χ3v) is 0. The van der Waals surface area contributed by atoms with E-state index in [0.717, 1.165) is 0 Å². The van der Waals surface area contributed by atoms with Gasteiger partial charge in [-0.05, 0) is 0 Å². The Bertz CT molecular complexity index is 212. The van der Waals surface area contributed by atoms with E-state index in [1.165, 1.54) is 27.0 Å². The zero-order valence-corrected chi connectivity index (χ0v) is 17.6. The van der Waals surface area contributed by atoms with Crippen molar-refractivity contribution in [2.75, 3.05) is 0 Å². The Morgan fingerprint density at radius 1 is 0.471 bits per heavy atom. The van der Waals surface area contributed by atoms with Crippen LogP contribution in [0.1, 0.15) is 0 Å². The van der Waals surface area contributed by atoms with E-state index in [2.05, 4.69) is 63.1 Å². The Morgan fingerprint density at radius 2 is 0.471 bits per heavy atom. The molecule has 0 unspecified atom stereocenters. The van der Waals surface area contributed by atoms with Crippen molar-refractivity contribution in [3.05, 3.63) is 0 Å². The van der Waals surface area contributed by atoms with E-state index in [9.17, 15) is 0 Å². The molecule has 0 aliphatic rings. The van der Waals surface area contributed by atoms with E-state index >= 15 is 0 Å². The summed E-state index contributed by atoms with van der Waals surface area (Å²) in [5.41, 5.74) is 0. The molecule has 17 heavy (non-hydrogen) atoms. The molecular weight excluding hydrogens is 525 g/mol. The molecule has 0 saturated heterocycles. The second-order valence-electron chi connectivity index (χ2n) is 0.456. The normalized spacial score (nSPS) is 2.06. The van der Waals surface area contributed by atoms with Crippen LogP contribution in [0.15, 0.2) is 0 Å². The molecular formula is C5KN5PtS5. The third kappa shape index (κ3) is 4880. The summed E-state index contributed by atoms with van der Waals surface area (Å²) in [5.74, 6) is 0. The molecule has 0 N–H and O–H groups in total. The van der Waals surface area contributed by atoms with Crippen molar-refractivity contribution in [1.82, 2.24) is 0 Å². The number of hydrogen-bond acceptors (Lipinski definition) is 10. The fraction of sp³-hybridized carbons (Fsp3) is 0. The molecule has 5 nitrogen and oxygen atoms in total. The maximum atomic E-state index is 7.13. The van der Waals surface area contributed by atoms with Crippen molar-refractivity contribution in [2.24, 2.45) is 0 Å². The predicted octanol–water partition coefficient (Wildman–Crippen LogP) is -2.93. The van der Waals surface area contributed by atoms with Crippen LogP contribution in [0.4, 0.5) is 0 Å². The summed E-state index contributed by atoms with van der Waals surface area (Å²) in [5, 5.41) is 42.3. The molecule has 0 amide bonds. The van der Waals surface area contributed by atoms with Gasteiger partial charge in [-0.1, -0.05) is 27.0 Å². The first-order chi connectivity index (χ1) is 7.07. The monoisotopic (exact) mass is 524 g/mol. The van der Waals surface area contributed by atoms with Crippen molar-refractivity contribution in [2.45, 2.75) is 0 Å². The smallest absolute Gasteiger partial charge is 0.696 e. The number of thiocyanates is 5. The third-order valence-electron chi connectivity index (χ3n) is 0. The minimum Gasteiger partial charge on any atom is -0.696 e. The van der Waals surface area contributed by atoms with Gasteiger partial charge in [0.25, 0.3) is 0 Å². The van der Waals surface area contributed by atoms with Gasteiger partial charge >= 0.3 is 72.4 Å². The molecule has 0 fully saturated rings. The SMILES string of the molecule is N#C[S-].N#C[S-].N#C[S-].N#C[S-].N#C[S-].[K+].[Pt+4]. The van der Waals surface area contributed by atoms with Gasteiger partial charge in [-0.15, -0.1) is 0 Å². The average molecular weight is 525 g/mol. The van der Waals surface area contributed by atoms with Gasteiger partial charge in [0.1, 0.15) is 0 Å². The van der Waals surface area contributed by atoms with Gasteiger partial charge < -0.3 is 63.1 Å². The molecule has 0 bridgehead atoms. The van der Waals surface area contributed by atoms with E-state index < -0.39 is 0 Å². The van der Waals surface area contributed by atoms with Crippen LogP contribution in [-0.2, 0) is 84.2 Å². The average Bonchev–Trinajstić information content (AvgIpc) is 2.09. The van der Waals surface area contributed by atoms with E-state index in [1.807, 2.05) is 0 Å². The van der Waals surface area contributed by atoms with E-state index in [4.69, 9.17) is 26.3 Å². The second-order valence-corrected chi connectivity index (χ2v) is 1.37. The Morgan fingerprint density at radius 3 is 0.471 bits per heavy atom. The molecule has 12 heteroatoms. The summed E-state index contributed by atoms with van der Waals surface area (Å²) >= 11 is 18.5. The van der Waals surface area contributed by atoms with Crippen molar-refractivity contribution < 1.29 is 72.4 Å². The molecule has 86 valence electrons. The molecule has 0 radical (unpaired) electrons. The number of nitrogens with zero attached hydrogens (tertiary/aromatic N) is 5. The molecule has 0 spiro atoms. The van der Waals surface area contributed by atoms with Crippen LogP contribution in [0.5, 0.6) is 0 Å². The minimum atomic E-state index is 0. The second kappa shape index (κ2) is 123. The van der Waals surface area contributed by atoms with E-state index in [-0.39, 0.29) is 72.4 Å². The Balaban J connectivity index is -0.0000000143. The van der Waals surface area contributed by atoms with Crippen LogP contribution in [0.3, 0.4) is 0 Å². The number of hydrogen-bond donors (Lipinski definition) is 0. The van der Waals surface area contributed by atoms with E-state index in [1.54, 1.807) is 0 Å². The zero-order chi connectivity index (χ0) is 13.5. The topological polar surface area (TPSA) is 119 Å². The fourth-order valence-electron chi connectivity index (χ4n) is 0. The quantitative estimate of drug-likeness (QED) is 0.185. The summed E-state index contributed by atoms with van der Waals surface area (Å²) in [6.07, 6.45) is 0. The maximum absolute atomic E-state index is 7.13. The summed E-state index contributed by atoms with van der Waals surface area (Å²) in [6, 6.07) is 0. The Labute approximate surface area is 185 Å². The van der Waals surface area contributed by atoms with Gasteiger partial charge in [0.2, 0.25) is 0 Å². The minimum absolute atomic E-state index is 0. The van der Waals surface area contributed by atoms with E-state index in [0.29, 0.717) is 0 Å². The Kier molecular flexibility index (Phi) is 312. The Hall–Kier alpha value is 0.875. The van der Waals surface area contributed by atoms with Crippen LogP contribution in [0.25, 0.3) is 0 Å². The molecule has 0 aromatic carbocycles. The molecule has 0 aliphatic carbocycles. The van der Waals surface area contributed by atoms with Gasteiger partial charge in [0, 0.05) is 0 Å². The fourth-order valence-corrected chi connectivity index (χ4v) is 0. The van der Waals surface area contributed by atoms with Gasteiger partial charge in [-0.2, -0.15) is 0 Å². The predicted molar refractivity (Wildman–Crippen MR) is 64.9 cm³/mol. The van der Waals surface area contributed by atoms with Crippen LogP contribution in [0, 0.1) is 53.3 Å². The van der Waals surface area contributed by atoms with Crippen LogP contribution < -0.4 is 51.4 Å². The van der Waals surface area contributed by atoms with Crippen LogP contribution in [0.2, 0.25) is 0 Å². The number of rotatable bonds is 0. The summed E-state index contributed by atoms with van der Waals surface area (Å²) in [7, 11) is 0. The van der Waals surface area contributed by atoms with Crippen molar-refractivity contribution >= 4 is 63.1 Å². The molecule has 0 aromatic rings. The van der Waals surface area contributed by atoms with Crippen LogP contribution in [-0.4, -0.2) is 0 Å². The van der Waals surface area contributed by atoms with Gasteiger partial charge in [0.05, 0.1) is 0 Å². The summed E-state index contributed by atoms with van der Waals surface area (Å²) in [4.78, 5) is 0.